The molecule has 3 rings (SSSR count). The summed E-state index contributed by atoms with van der Waals surface area (Å²) in [5, 5.41) is 13.7. The molecule has 0 radical (unpaired) electrons. The van der Waals surface area contributed by atoms with Crippen LogP contribution in [0.5, 0.6) is 17.2 Å². The Kier molecular flexibility index (Phi) is 9.68. The lowest BCUT2D eigenvalue weighted by atomic mass is 10.0. The van der Waals surface area contributed by atoms with E-state index in [1.165, 1.54) is 13.2 Å². The first-order valence-electron chi connectivity index (χ1n) is 11.3. The SMILES string of the molecule is COc1cc(/C=C/c2ccc(OCC(=O)NCC3CCOCC3)cc2)c(/C=C/[N+](=O)[O-])c(OC)c1. The Balaban J connectivity index is 1.61. The van der Waals surface area contributed by atoms with Crippen molar-refractivity contribution in [1.29, 1.82) is 0 Å². The summed E-state index contributed by atoms with van der Waals surface area (Å²) in [6.07, 6.45) is 7.88. The van der Waals surface area contributed by atoms with Crippen LogP contribution in [0, 0.1) is 16.0 Å². The molecule has 1 saturated heterocycles. The lowest BCUT2D eigenvalue weighted by Gasteiger charge is -2.22. The van der Waals surface area contributed by atoms with Gasteiger partial charge in [0.15, 0.2) is 6.61 Å². The molecule has 1 fully saturated rings. The Hall–Kier alpha value is -3.85. The number of benzene rings is 2. The Morgan fingerprint density at radius 2 is 1.83 bits per heavy atom. The number of ether oxygens (including phenoxy) is 4. The molecule has 35 heavy (non-hydrogen) atoms. The molecule has 1 heterocycles. The van der Waals surface area contributed by atoms with Crippen LogP contribution >= 0.6 is 0 Å². The summed E-state index contributed by atoms with van der Waals surface area (Å²) in [5.41, 5.74) is 2.14. The van der Waals surface area contributed by atoms with Crippen molar-refractivity contribution in [3.05, 3.63) is 69.4 Å². The lowest BCUT2D eigenvalue weighted by Crippen LogP contribution is -2.35. The third kappa shape index (κ3) is 8.15. The van der Waals surface area contributed by atoms with Crippen LogP contribution in [-0.4, -0.2) is 51.4 Å². The van der Waals surface area contributed by atoms with Gasteiger partial charge in [-0.25, -0.2) is 0 Å². The molecule has 1 aliphatic rings. The largest absolute Gasteiger partial charge is 0.497 e. The van der Waals surface area contributed by atoms with Gasteiger partial charge in [0.25, 0.3) is 5.91 Å². The average Bonchev–Trinajstić information content (AvgIpc) is 2.89. The molecule has 9 nitrogen and oxygen atoms in total. The van der Waals surface area contributed by atoms with E-state index in [1.807, 2.05) is 24.3 Å². The molecule has 0 bridgehead atoms. The van der Waals surface area contributed by atoms with Crippen LogP contribution in [0.25, 0.3) is 18.2 Å². The second-order valence-corrected chi connectivity index (χ2v) is 7.98. The number of nitrogens with one attached hydrogen (secondary N) is 1. The van der Waals surface area contributed by atoms with Crippen LogP contribution in [0.1, 0.15) is 29.5 Å². The van der Waals surface area contributed by atoms with Gasteiger partial charge in [-0.05, 0) is 48.1 Å². The maximum absolute atomic E-state index is 12.1. The van der Waals surface area contributed by atoms with Crippen LogP contribution in [0.2, 0.25) is 0 Å². The summed E-state index contributed by atoms with van der Waals surface area (Å²) in [5.74, 6) is 1.92. The third-order valence-electron chi connectivity index (χ3n) is 5.60. The van der Waals surface area contributed by atoms with Gasteiger partial charge in [-0.1, -0.05) is 24.3 Å². The van der Waals surface area contributed by atoms with Gasteiger partial charge in [0, 0.05) is 37.5 Å². The first-order chi connectivity index (χ1) is 17.0. The van der Waals surface area contributed by atoms with E-state index in [9.17, 15) is 14.9 Å². The maximum atomic E-state index is 12.1. The quantitative estimate of drug-likeness (QED) is 0.292. The molecule has 2 aromatic carbocycles. The predicted octanol–water partition coefficient (Wildman–Crippen LogP) is 4.04. The van der Waals surface area contributed by atoms with E-state index < -0.39 is 4.92 Å². The summed E-state index contributed by atoms with van der Waals surface area (Å²) in [6, 6.07) is 10.7. The van der Waals surface area contributed by atoms with E-state index >= 15 is 0 Å². The number of carbonyl (C=O) groups excluding carboxylic acids is 1. The number of carbonyl (C=O) groups is 1. The van der Waals surface area contributed by atoms with E-state index in [-0.39, 0.29) is 12.5 Å². The van der Waals surface area contributed by atoms with Crippen molar-refractivity contribution in [2.75, 3.05) is 40.6 Å². The number of hydrogen-bond acceptors (Lipinski definition) is 7. The summed E-state index contributed by atoms with van der Waals surface area (Å²) in [7, 11) is 3.04. The summed E-state index contributed by atoms with van der Waals surface area (Å²) in [6.45, 7) is 2.09. The molecule has 0 unspecified atom stereocenters. The van der Waals surface area contributed by atoms with Crippen LogP contribution in [-0.2, 0) is 9.53 Å². The molecule has 1 amide bonds. The first kappa shape index (κ1) is 25.8. The molecular formula is C26H30N2O7. The molecule has 9 heteroatoms. The van der Waals surface area contributed by atoms with E-state index in [2.05, 4.69) is 5.32 Å². The second-order valence-electron chi connectivity index (χ2n) is 7.98. The first-order valence-corrected chi connectivity index (χ1v) is 11.3. The maximum Gasteiger partial charge on any atom is 0.257 e. The highest BCUT2D eigenvalue weighted by Crippen LogP contribution is 2.31. The van der Waals surface area contributed by atoms with Crippen LogP contribution in [0.3, 0.4) is 0 Å². The number of rotatable bonds is 11. The van der Waals surface area contributed by atoms with Gasteiger partial charge in [0.05, 0.1) is 19.1 Å². The molecule has 2 aromatic rings. The highest BCUT2D eigenvalue weighted by molar-refractivity contribution is 5.79. The van der Waals surface area contributed by atoms with E-state index in [0.717, 1.165) is 37.8 Å². The fourth-order valence-electron chi connectivity index (χ4n) is 3.63. The molecule has 0 aromatic heterocycles. The topological polar surface area (TPSA) is 109 Å². The van der Waals surface area contributed by atoms with Gasteiger partial charge in [-0.2, -0.15) is 0 Å². The molecule has 1 aliphatic heterocycles. The van der Waals surface area contributed by atoms with Gasteiger partial charge in [0.2, 0.25) is 6.20 Å². The standard InChI is InChI=1S/C26H30N2O7/c1-32-23-15-21(24(9-12-28(30)31)25(16-23)33-2)6-3-19-4-7-22(8-5-19)35-18-26(29)27-17-20-10-13-34-14-11-20/h3-9,12,15-16,20H,10-11,13-14,17-18H2,1-2H3,(H,27,29)/b6-3+,12-9+. The monoisotopic (exact) mass is 482 g/mol. The minimum absolute atomic E-state index is 0.0475. The number of hydrogen-bond donors (Lipinski definition) is 1. The Morgan fingerprint density at radius 3 is 2.49 bits per heavy atom. The second kappa shape index (κ2) is 13.1. The Bertz CT molecular complexity index is 1060. The fraction of sp³-hybridized carbons (Fsp3) is 0.346. The number of amides is 1. The van der Waals surface area contributed by atoms with Crippen molar-refractivity contribution >= 4 is 24.1 Å². The van der Waals surface area contributed by atoms with Crippen molar-refractivity contribution in [3.63, 3.8) is 0 Å². The smallest absolute Gasteiger partial charge is 0.257 e. The van der Waals surface area contributed by atoms with Crippen LogP contribution in [0.15, 0.2) is 42.6 Å². The average molecular weight is 483 g/mol. The number of methoxy groups -OCH3 is 2. The zero-order valence-electron chi connectivity index (χ0n) is 19.9. The van der Waals surface area contributed by atoms with Crippen LogP contribution < -0.4 is 19.5 Å². The van der Waals surface area contributed by atoms with Crippen LogP contribution in [0.4, 0.5) is 0 Å². The van der Waals surface area contributed by atoms with Crippen molar-refractivity contribution in [2.24, 2.45) is 5.92 Å². The van der Waals surface area contributed by atoms with E-state index in [4.69, 9.17) is 18.9 Å². The van der Waals surface area contributed by atoms with Gasteiger partial charge in [-0.15, -0.1) is 0 Å². The van der Waals surface area contributed by atoms with Gasteiger partial charge >= 0.3 is 0 Å². The normalized spacial score (nSPS) is 14.2. The molecule has 0 aliphatic carbocycles. The van der Waals surface area contributed by atoms with Gasteiger partial charge in [-0.3, -0.25) is 14.9 Å². The zero-order chi connectivity index (χ0) is 25.0. The van der Waals surface area contributed by atoms with Crippen molar-refractivity contribution in [1.82, 2.24) is 5.32 Å². The molecule has 0 saturated carbocycles. The Morgan fingerprint density at radius 1 is 1.09 bits per heavy atom. The molecule has 186 valence electrons. The number of nitro groups is 1. The predicted molar refractivity (Wildman–Crippen MR) is 133 cm³/mol. The Labute approximate surface area is 204 Å². The fourth-order valence-corrected chi connectivity index (χ4v) is 3.63. The number of nitrogens with zero attached hydrogens (tertiary/aromatic N) is 1. The highest BCUT2D eigenvalue weighted by Gasteiger charge is 2.15. The van der Waals surface area contributed by atoms with Crippen molar-refractivity contribution in [3.8, 4) is 17.2 Å². The van der Waals surface area contributed by atoms with E-state index in [0.29, 0.717) is 40.8 Å². The summed E-state index contributed by atoms with van der Waals surface area (Å²) >= 11 is 0. The zero-order valence-corrected chi connectivity index (χ0v) is 19.9. The third-order valence-corrected chi connectivity index (χ3v) is 5.60. The molecular weight excluding hydrogens is 452 g/mol. The minimum atomic E-state index is -0.527. The van der Waals surface area contributed by atoms with Gasteiger partial charge < -0.3 is 24.3 Å². The molecule has 1 N–H and O–H groups in total. The van der Waals surface area contributed by atoms with Crippen molar-refractivity contribution in [2.45, 2.75) is 12.8 Å². The highest BCUT2D eigenvalue weighted by atomic mass is 16.6. The lowest BCUT2D eigenvalue weighted by molar-refractivity contribution is -0.400. The molecule has 0 spiro atoms. The summed E-state index contributed by atoms with van der Waals surface area (Å²) < 4.78 is 21.6. The van der Waals surface area contributed by atoms with Crippen molar-refractivity contribution < 1.29 is 28.7 Å². The van der Waals surface area contributed by atoms with Gasteiger partial charge in [0.1, 0.15) is 17.2 Å². The minimum Gasteiger partial charge on any atom is -0.497 e. The molecule has 0 atom stereocenters. The summed E-state index contributed by atoms with van der Waals surface area (Å²) in [4.78, 5) is 22.4. The van der Waals surface area contributed by atoms with E-state index in [1.54, 1.807) is 31.4 Å².